The molecule has 4 heteroatoms. The Balaban J connectivity index is 0.00000200. The molecule has 1 heterocycles. The quantitative estimate of drug-likeness (QED) is 0.892. The summed E-state index contributed by atoms with van der Waals surface area (Å²) >= 11 is 0. The lowest BCUT2D eigenvalue weighted by molar-refractivity contribution is 0.160. The molecule has 0 amide bonds. The Labute approximate surface area is 128 Å². The molecule has 2 rings (SSSR count). The summed E-state index contributed by atoms with van der Waals surface area (Å²) in [4.78, 5) is 2.43. The van der Waals surface area contributed by atoms with E-state index in [4.69, 9.17) is 0 Å². The van der Waals surface area contributed by atoms with E-state index < -0.39 is 0 Å². The van der Waals surface area contributed by atoms with E-state index in [9.17, 15) is 4.39 Å². The molecule has 2 nitrogen and oxygen atoms in total. The Bertz CT molecular complexity index is 405. The number of nitrogens with one attached hydrogen (secondary N) is 1. The number of piperazine rings is 1. The van der Waals surface area contributed by atoms with Crippen LogP contribution in [0.1, 0.15) is 43.4 Å². The van der Waals surface area contributed by atoms with Crippen LogP contribution in [0, 0.1) is 12.7 Å². The molecule has 0 unspecified atom stereocenters. The van der Waals surface area contributed by atoms with Crippen molar-refractivity contribution < 1.29 is 4.39 Å². The Morgan fingerprint density at radius 3 is 2.65 bits per heavy atom. The van der Waals surface area contributed by atoms with E-state index in [0.29, 0.717) is 0 Å². The molecular weight excluding hydrogens is 275 g/mol. The Morgan fingerprint density at radius 1 is 1.30 bits per heavy atom. The van der Waals surface area contributed by atoms with Gasteiger partial charge < -0.3 is 5.32 Å². The first-order chi connectivity index (χ1) is 9.22. The van der Waals surface area contributed by atoms with Gasteiger partial charge in [-0.25, -0.2) is 4.39 Å². The lowest BCUT2D eigenvalue weighted by Crippen LogP contribution is -2.45. The van der Waals surface area contributed by atoms with Crippen LogP contribution in [0.4, 0.5) is 4.39 Å². The van der Waals surface area contributed by atoms with Gasteiger partial charge >= 0.3 is 0 Å². The third-order valence-electron chi connectivity index (χ3n) is 3.93. The smallest absolute Gasteiger partial charge is 0.128 e. The Kier molecular flexibility index (Phi) is 7.49. The molecule has 0 spiro atoms. The number of nitrogens with zero attached hydrogens (tertiary/aromatic N) is 1. The van der Waals surface area contributed by atoms with Crippen molar-refractivity contribution in [2.75, 3.05) is 26.2 Å². The van der Waals surface area contributed by atoms with Crippen molar-refractivity contribution in [3.63, 3.8) is 0 Å². The van der Waals surface area contributed by atoms with E-state index in [1.165, 1.54) is 0 Å². The minimum atomic E-state index is -0.0507. The summed E-state index contributed by atoms with van der Waals surface area (Å²) in [6, 6.07) is 5.73. The Morgan fingerprint density at radius 2 is 2.00 bits per heavy atom. The van der Waals surface area contributed by atoms with Crippen LogP contribution in [0.25, 0.3) is 0 Å². The molecule has 0 bridgehead atoms. The third kappa shape index (κ3) is 4.44. The van der Waals surface area contributed by atoms with Crippen molar-refractivity contribution in [2.24, 2.45) is 0 Å². The third-order valence-corrected chi connectivity index (χ3v) is 3.93. The topological polar surface area (TPSA) is 15.3 Å². The van der Waals surface area contributed by atoms with Crippen molar-refractivity contribution in [3.8, 4) is 0 Å². The van der Waals surface area contributed by atoms with Crippen LogP contribution in [0.3, 0.4) is 0 Å². The van der Waals surface area contributed by atoms with Crippen LogP contribution in [0.15, 0.2) is 18.2 Å². The van der Waals surface area contributed by atoms with Crippen LogP contribution in [0.5, 0.6) is 0 Å². The van der Waals surface area contributed by atoms with Crippen LogP contribution in [-0.2, 0) is 0 Å². The van der Waals surface area contributed by atoms with Crippen LogP contribution in [0.2, 0.25) is 0 Å². The lowest BCUT2D eigenvalue weighted by Gasteiger charge is -2.35. The summed E-state index contributed by atoms with van der Waals surface area (Å²) < 4.78 is 14.2. The molecule has 114 valence electrons. The summed E-state index contributed by atoms with van der Waals surface area (Å²) in [5.74, 6) is -0.0507. The summed E-state index contributed by atoms with van der Waals surface area (Å²) in [6.45, 7) is 8.29. The summed E-state index contributed by atoms with van der Waals surface area (Å²) in [5, 5.41) is 3.37. The highest BCUT2D eigenvalue weighted by Crippen LogP contribution is 2.29. The van der Waals surface area contributed by atoms with Gasteiger partial charge in [0.05, 0.1) is 0 Å². The van der Waals surface area contributed by atoms with Crippen molar-refractivity contribution in [3.05, 3.63) is 35.1 Å². The van der Waals surface area contributed by atoms with Gasteiger partial charge in [0.15, 0.2) is 0 Å². The van der Waals surface area contributed by atoms with Gasteiger partial charge in [-0.15, -0.1) is 12.4 Å². The van der Waals surface area contributed by atoms with E-state index in [-0.39, 0.29) is 24.3 Å². The number of aryl methyl sites for hydroxylation is 1. The van der Waals surface area contributed by atoms with Crippen LogP contribution in [-0.4, -0.2) is 31.1 Å². The van der Waals surface area contributed by atoms with E-state index in [1.54, 1.807) is 6.07 Å². The molecule has 0 aliphatic carbocycles. The highest BCUT2D eigenvalue weighted by molar-refractivity contribution is 5.85. The number of rotatable bonds is 5. The predicted octanol–water partition coefficient (Wildman–Crippen LogP) is 3.69. The van der Waals surface area contributed by atoms with Crippen molar-refractivity contribution in [1.29, 1.82) is 0 Å². The summed E-state index contributed by atoms with van der Waals surface area (Å²) in [7, 11) is 0. The second kappa shape index (κ2) is 8.60. The molecule has 0 saturated carbocycles. The van der Waals surface area contributed by atoms with Gasteiger partial charge in [-0.3, -0.25) is 4.90 Å². The maximum Gasteiger partial charge on any atom is 0.128 e. The Hall–Kier alpha value is -0.640. The van der Waals surface area contributed by atoms with E-state index >= 15 is 0 Å². The molecule has 1 saturated heterocycles. The molecule has 1 atom stereocenters. The maximum atomic E-state index is 14.2. The average molecular weight is 301 g/mol. The van der Waals surface area contributed by atoms with Gasteiger partial charge in [0, 0.05) is 37.8 Å². The molecule has 1 aliphatic rings. The van der Waals surface area contributed by atoms with Gasteiger partial charge in [0.1, 0.15) is 5.82 Å². The minimum absolute atomic E-state index is 0. The van der Waals surface area contributed by atoms with Gasteiger partial charge in [-0.1, -0.05) is 37.5 Å². The fraction of sp³-hybridized carbons (Fsp3) is 0.625. The van der Waals surface area contributed by atoms with Gasteiger partial charge in [0.25, 0.3) is 0 Å². The van der Waals surface area contributed by atoms with Gasteiger partial charge in [-0.2, -0.15) is 0 Å². The highest BCUT2D eigenvalue weighted by atomic mass is 35.5. The SMILES string of the molecule is CCCC[C@@H](c1cc(C)ccc1F)N1CCNCC1.Cl. The lowest BCUT2D eigenvalue weighted by atomic mass is 9.97. The van der Waals surface area contributed by atoms with Gasteiger partial charge in [0.2, 0.25) is 0 Å². The maximum absolute atomic E-state index is 14.2. The first kappa shape index (κ1) is 17.4. The number of halogens is 2. The monoisotopic (exact) mass is 300 g/mol. The van der Waals surface area contributed by atoms with Crippen molar-refractivity contribution >= 4 is 12.4 Å². The zero-order valence-corrected chi connectivity index (χ0v) is 13.3. The van der Waals surface area contributed by atoms with E-state index in [0.717, 1.165) is 56.6 Å². The molecule has 1 aromatic carbocycles. The minimum Gasteiger partial charge on any atom is -0.314 e. The molecular formula is C16H26ClFN2. The highest BCUT2D eigenvalue weighted by Gasteiger charge is 2.24. The van der Waals surface area contributed by atoms with Crippen molar-refractivity contribution in [2.45, 2.75) is 39.2 Å². The first-order valence-corrected chi connectivity index (χ1v) is 7.43. The van der Waals surface area contributed by atoms with E-state index in [2.05, 4.69) is 17.1 Å². The second-order valence-corrected chi connectivity index (χ2v) is 5.47. The summed E-state index contributed by atoms with van der Waals surface area (Å²) in [6.07, 6.45) is 3.37. The van der Waals surface area contributed by atoms with Crippen LogP contribution < -0.4 is 5.32 Å². The molecule has 1 aliphatic heterocycles. The van der Waals surface area contributed by atoms with Crippen LogP contribution >= 0.6 is 12.4 Å². The predicted molar refractivity (Wildman–Crippen MR) is 85.1 cm³/mol. The standard InChI is InChI=1S/C16H25FN2.ClH/c1-3-4-5-16(19-10-8-18-9-11-19)14-12-13(2)6-7-15(14)17;/h6-7,12,16,18H,3-5,8-11H2,1-2H3;1H/t16-;/m0./s1. The molecule has 1 fully saturated rings. The number of hydrogen-bond acceptors (Lipinski definition) is 2. The molecule has 1 aromatic rings. The fourth-order valence-electron chi connectivity index (χ4n) is 2.84. The first-order valence-electron chi connectivity index (χ1n) is 7.43. The second-order valence-electron chi connectivity index (χ2n) is 5.47. The number of hydrogen-bond donors (Lipinski definition) is 1. The van der Waals surface area contributed by atoms with E-state index in [1.807, 2.05) is 19.1 Å². The number of unbranched alkanes of at least 4 members (excludes halogenated alkanes) is 1. The van der Waals surface area contributed by atoms with Gasteiger partial charge in [-0.05, 0) is 19.4 Å². The summed E-state index contributed by atoms with van der Waals surface area (Å²) in [5.41, 5.74) is 2.03. The largest absolute Gasteiger partial charge is 0.314 e. The zero-order valence-electron chi connectivity index (χ0n) is 12.5. The average Bonchev–Trinajstić information content (AvgIpc) is 2.44. The fourth-order valence-corrected chi connectivity index (χ4v) is 2.84. The number of benzene rings is 1. The molecule has 20 heavy (non-hydrogen) atoms. The molecule has 1 N–H and O–H groups in total. The zero-order chi connectivity index (χ0) is 13.7. The van der Waals surface area contributed by atoms with Crippen molar-refractivity contribution in [1.82, 2.24) is 10.2 Å². The molecule has 0 radical (unpaired) electrons. The normalized spacial score (nSPS) is 17.6. The molecule has 0 aromatic heterocycles.